The van der Waals surface area contributed by atoms with Crippen LogP contribution in [-0.4, -0.2) is 0 Å². The molecule has 1 unspecified atom stereocenters. The second-order valence-electron chi connectivity index (χ2n) is 4.22. The van der Waals surface area contributed by atoms with Crippen LogP contribution in [0.5, 0.6) is 0 Å². The van der Waals surface area contributed by atoms with Gasteiger partial charge in [0.05, 0.1) is 10.5 Å². The number of benzene rings is 2. The summed E-state index contributed by atoms with van der Waals surface area (Å²) in [4.78, 5) is 0. The fourth-order valence-corrected chi connectivity index (χ4v) is 2.61. The Bertz CT molecular complexity index is 560. The maximum absolute atomic E-state index is 13.2. The number of nitrogens with one attached hydrogen (secondary N) is 1. The van der Waals surface area contributed by atoms with Gasteiger partial charge in [-0.05, 0) is 80.3 Å². The van der Waals surface area contributed by atoms with Crippen molar-refractivity contribution in [2.75, 3.05) is 0 Å². The largest absolute Gasteiger partial charge is 0.271 e. The maximum Gasteiger partial charge on any atom is 0.137 e. The van der Waals surface area contributed by atoms with Crippen molar-refractivity contribution >= 4 is 38.5 Å². The Kier molecular flexibility index (Phi) is 5.32. The van der Waals surface area contributed by atoms with Crippen LogP contribution in [0.1, 0.15) is 17.2 Å². The van der Waals surface area contributed by atoms with Crippen LogP contribution in [0.2, 0.25) is 0 Å². The predicted octanol–water partition coefficient (Wildman–Crippen LogP) is 3.94. The second-order valence-corrected chi connectivity index (χ2v) is 6.32. The van der Waals surface area contributed by atoms with Crippen molar-refractivity contribution in [1.82, 2.24) is 5.43 Å². The van der Waals surface area contributed by atoms with Gasteiger partial charge in [-0.2, -0.15) is 0 Å². The Labute approximate surface area is 133 Å². The third-order valence-corrected chi connectivity index (χ3v) is 4.23. The molecule has 0 aliphatic heterocycles. The van der Waals surface area contributed by atoms with E-state index in [9.17, 15) is 4.39 Å². The molecule has 1 atom stereocenters. The number of nitrogens with two attached hydrogens (primary N) is 1. The van der Waals surface area contributed by atoms with Crippen LogP contribution in [0.4, 0.5) is 4.39 Å². The molecule has 0 saturated heterocycles. The Morgan fingerprint density at radius 2 is 1.89 bits per heavy atom. The van der Waals surface area contributed by atoms with E-state index < -0.39 is 0 Å². The molecule has 100 valence electrons. The molecule has 2 rings (SSSR count). The molecule has 5 heteroatoms. The van der Waals surface area contributed by atoms with Crippen molar-refractivity contribution in [2.24, 2.45) is 5.84 Å². The highest BCUT2D eigenvalue weighted by Gasteiger charge is 2.12. The Morgan fingerprint density at radius 3 is 2.47 bits per heavy atom. The summed E-state index contributed by atoms with van der Waals surface area (Å²) >= 11 is 5.46. The highest BCUT2D eigenvalue weighted by atomic mass is 127. The predicted molar refractivity (Wildman–Crippen MR) is 87.0 cm³/mol. The summed E-state index contributed by atoms with van der Waals surface area (Å²) in [6.45, 7) is 0. The Balaban J connectivity index is 2.19. The summed E-state index contributed by atoms with van der Waals surface area (Å²) in [5, 5.41) is 0. The smallest absolute Gasteiger partial charge is 0.137 e. The standard InChI is InChI=1S/C14H13BrFIN2/c15-12-8-10(3-6-13(12)16)14(19-18)7-9-1-4-11(17)5-2-9/h1-6,8,14,19H,7,18H2. The number of halogens is 3. The van der Waals surface area contributed by atoms with E-state index in [-0.39, 0.29) is 11.9 Å². The van der Waals surface area contributed by atoms with E-state index in [0.717, 1.165) is 12.0 Å². The first-order chi connectivity index (χ1) is 9.10. The van der Waals surface area contributed by atoms with Crippen LogP contribution in [0.3, 0.4) is 0 Å². The van der Waals surface area contributed by atoms with Crippen LogP contribution in [0, 0.1) is 9.39 Å². The van der Waals surface area contributed by atoms with E-state index >= 15 is 0 Å². The van der Waals surface area contributed by atoms with E-state index in [1.165, 1.54) is 15.2 Å². The lowest BCUT2D eigenvalue weighted by molar-refractivity contribution is 0.548. The monoisotopic (exact) mass is 434 g/mol. The molecule has 3 N–H and O–H groups in total. The molecule has 0 fully saturated rings. The van der Waals surface area contributed by atoms with Crippen LogP contribution < -0.4 is 11.3 Å². The molecule has 0 aliphatic rings. The van der Waals surface area contributed by atoms with Gasteiger partial charge in [0.15, 0.2) is 0 Å². The van der Waals surface area contributed by atoms with Crippen molar-refractivity contribution in [1.29, 1.82) is 0 Å². The molecule has 0 aromatic heterocycles. The van der Waals surface area contributed by atoms with Gasteiger partial charge in [0.1, 0.15) is 5.82 Å². The lowest BCUT2D eigenvalue weighted by Crippen LogP contribution is -2.29. The molecular weight excluding hydrogens is 422 g/mol. The molecule has 0 heterocycles. The van der Waals surface area contributed by atoms with Crippen LogP contribution in [0.15, 0.2) is 46.9 Å². The molecule has 2 aromatic carbocycles. The second kappa shape index (κ2) is 6.78. The quantitative estimate of drug-likeness (QED) is 0.434. The minimum Gasteiger partial charge on any atom is -0.271 e. The SMILES string of the molecule is NNC(Cc1ccc(I)cc1)c1ccc(F)c(Br)c1. The van der Waals surface area contributed by atoms with Crippen LogP contribution >= 0.6 is 38.5 Å². The topological polar surface area (TPSA) is 38.0 Å². The van der Waals surface area contributed by atoms with E-state index in [1.54, 1.807) is 12.1 Å². The summed E-state index contributed by atoms with van der Waals surface area (Å²) in [6, 6.07) is 13.2. The van der Waals surface area contributed by atoms with Gasteiger partial charge < -0.3 is 0 Å². The molecule has 0 saturated carbocycles. The van der Waals surface area contributed by atoms with Crippen molar-refractivity contribution in [2.45, 2.75) is 12.5 Å². The van der Waals surface area contributed by atoms with Gasteiger partial charge >= 0.3 is 0 Å². The van der Waals surface area contributed by atoms with Crippen LogP contribution in [0.25, 0.3) is 0 Å². The average Bonchev–Trinajstić information content (AvgIpc) is 2.41. The molecule has 0 spiro atoms. The molecular formula is C14H13BrFIN2. The minimum atomic E-state index is -0.270. The summed E-state index contributed by atoms with van der Waals surface area (Å²) in [5.74, 6) is 5.34. The summed E-state index contributed by atoms with van der Waals surface area (Å²) in [5.41, 5.74) is 4.92. The third-order valence-electron chi connectivity index (χ3n) is 2.90. The number of hydrogen-bond acceptors (Lipinski definition) is 2. The molecule has 19 heavy (non-hydrogen) atoms. The average molecular weight is 435 g/mol. The fraction of sp³-hybridized carbons (Fsp3) is 0.143. The van der Waals surface area contributed by atoms with Gasteiger partial charge in [-0.15, -0.1) is 0 Å². The lowest BCUT2D eigenvalue weighted by Gasteiger charge is -2.17. The van der Waals surface area contributed by atoms with Gasteiger partial charge in [0.2, 0.25) is 0 Å². The summed E-state index contributed by atoms with van der Waals surface area (Å²) in [6.07, 6.45) is 0.755. The first kappa shape index (κ1) is 14.9. The van der Waals surface area contributed by atoms with E-state index in [2.05, 4.69) is 68.2 Å². The zero-order valence-electron chi connectivity index (χ0n) is 10.0. The lowest BCUT2D eigenvalue weighted by atomic mass is 9.99. The van der Waals surface area contributed by atoms with E-state index in [1.807, 2.05) is 0 Å². The summed E-state index contributed by atoms with van der Waals surface area (Å²) in [7, 11) is 0. The Morgan fingerprint density at radius 1 is 1.21 bits per heavy atom. The van der Waals surface area contributed by atoms with Crippen molar-refractivity contribution < 1.29 is 4.39 Å². The molecule has 2 aromatic rings. The minimum absolute atomic E-state index is 0.0445. The van der Waals surface area contributed by atoms with Gasteiger partial charge in [-0.3, -0.25) is 11.3 Å². The summed E-state index contributed by atoms with van der Waals surface area (Å²) < 4.78 is 14.9. The first-order valence-electron chi connectivity index (χ1n) is 5.75. The highest BCUT2D eigenvalue weighted by molar-refractivity contribution is 14.1. The normalized spacial score (nSPS) is 12.4. The van der Waals surface area contributed by atoms with E-state index in [4.69, 9.17) is 5.84 Å². The molecule has 0 amide bonds. The van der Waals surface area contributed by atoms with Gasteiger partial charge in [0, 0.05) is 3.57 Å². The van der Waals surface area contributed by atoms with Crippen molar-refractivity contribution in [3.63, 3.8) is 0 Å². The molecule has 0 radical (unpaired) electrons. The molecule has 0 aliphatic carbocycles. The highest BCUT2D eigenvalue weighted by Crippen LogP contribution is 2.23. The third kappa shape index (κ3) is 3.98. The van der Waals surface area contributed by atoms with Crippen LogP contribution in [-0.2, 0) is 6.42 Å². The van der Waals surface area contributed by atoms with E-state index in [0.29, 0.717) is 4.47 Å². The number of rotatable bonds is 4. The molecule has 0 bridgehead atoms. The van der Waals surface area contributed by atoms with Gasteiger partial charge in [0.25, 0.3) is 0 Å². The fourth-order valence-electron chi connectivity index (χ4n) is 1.86. The zero-order chi connectivity index (χ0) is 13.8. The first-order valence-corrected chi connectivity index (χ1v) is 7.63. The molecule has 2 nitrogen and oxygen atoms in total. The number of hydrogen-bond donors (Lipinski definition) is 2. The maximum atomic E-state index is 13.2. The van der Waals surface area contributed by atoms with Gasteiger partial charge in [-0.25, -0.2) is 4.39 Å². The zero-order valence-corrected chi connectivity index (χ0v) is 13.8. The van der Waals surface area contributed by atoms with Gasteiger partial charge in [-0.1, -0.05) is 18.2 Å². The van der Waals surface area contributed by atoms with Crippen molar-refractivity contribution in [3.05, 3.63) is 67.5 Å². The van der Waals surface area contributed by atoms with Crippen molar-refractivity contribution in [3.8, 4) is 0 Å². The number of hydrazine groups is 1. The Hall–Kier alpha value is -0.500.